The molecule has 0 radical (unpaired) electrons. The van der Waals surface area contributed by atoms with Crippen molar-refractivity contribution in [3.8, 4) is 22.4 Å². The summed E-state index contributed by atoms with van der Waals surface area (Å²) in [5.74, 6) is 0. The summed E-state index contributed by atoms with van der Waals surface area (Å²) in [6.07, 6.45) is -9.20. The average Bonchev–Trinajstić information content (AvgIpc) is 3.00. The van der Waals surface area contributed by atoms with Crippen molar-refractivity contribution in [1.82, 2.24) is 10.2 Å². The number of alkyl halides is 6. The Hall–Kier alpha value is -2.77. The molecule has 0 aliphatic heterocycles. The second kappa shape index (κ2) is 5.94. The van der Waals surface area contributed by atoms with E-state index < -0.39 is 23.6 Å². The first-order valence-electron chi connectivity index (χ1n) is 7.06. The molecule has 0 aliphatic rings. The van der Waals surface area contributed by atoms with E-state index >= 15 is 0 Å². The zero-order valence-corrected chi connectivity index (χ0v) is 12.4. The maximum Gasteiger partial charge on any atom is 0.433 e. The second-order valence-electron chi connectivity index (χ2n) is 5.26. The third-order valence-corrected chi connectivity index (χ3v) is 3.60. The van der Waals surface area contributed by atoms with E-state index in [9.17, 15) is 26.3 Å². The highest BCUT2D eigenvalue weighted by molar-refractivity contribution is 5.83. The Morgan fingerprint density at radius 3 is 1.80 bits per heavy atom. The number of hydrogen-bond donors (Lipinski definition) is 1. The summed E-state index contributed by atoms with van der Waals surface area (Å²) in [7, 11) is 0. The molecule has 3 aromatic rings. The number of halogens is 6. The molecule has 0 atom stereocenters. The van der Waals surface area contributed by atoms with Gasteiger partial charge in [-0.05, 0) is 17.7 Å². The zero-order valence-electron chi connectivity index (χ0n) is 12.4. The molecule has 0 saturated carbocycles. The molecule has 0 fully saturated rings. The molecule has 0 saturated heterocycles. The van der Waals surface area contributed by atoms with Gasteiger partial charge in [-0.15, -0.1) is 0 Å². The van der Waals surface area contributed by atoms with E-state index in [1.165, 1.54) is 12.1 Å². The summed E-state index contributed by atoms with van der Waals surface area (Å²) in [6, 6.07) is 11.6. The number of aromatic nitrogens is 2. The van der Waals surface area contributed by atoms with Gasteiger partial charge in [-0.3, -0.25) is 5.10 Å². The lowest BCUT2D eigenvalue weighted by Crippen LogP contribution is -2.07. The number of hydrogen-bond acceptors (Lipinski definition) is 1. The van der Waals surface area contributed by atoms with Gasteiger partial charge in [0.2, 0.25) is 0 Å². The summed E-state index contributed by atoms with van der Waals surface area (Å²) in [5.41, 5.74) is -1.78. The van der Waals surface area contributed by atoms with E-state index in [0.717, 1.165) is 24.3 Å². The minimum absolute atomic E-state index is 0.0627. The molecule has 2 aromatic carbocycles. The number of H-pyrrole nitrogens is 1. The Labute approximate surface area is 138 Å². The third kappa shape index (κ3) is 3.38. The maximum atomic E-state index is 13.3. The SMILES string of the molecule is FC(F)(F)c1ccc(-c2n[nH]c(C(F)(F)F)c2-c2ccccc2)cc1. The lowest BCUT2D eigenvalue weighted by molar-refractivity contribution is -0.140. The lowest BCUT2D eigenvalue weighted by atomic mass is 9.98. The van der Waals surface area contributed by atoms with Gasteiger partial charge in [-0.25, -0.2) is 0 Å². The first-order chi connectivity index (χ1) is 11.7. The van der Waals surface area contributed by atoms with Crippen LogP contribution in [0, 0.1) is 0 Å². The first kappa shape index (κ1) is 17.1. The van der Waals surface area contributed by atoms with Gasteiger partial charge >= 0.3 is 12.4 Å². The van der Waals surface area contributed by atoms with E-state index in [4.69, 9.17) is 0 Å². The molecule has 0 aliphatic carbocycles. The minimum atomic E-state index is -4.68. The van der Waals surface area contributed by atoms with Gasteiger partial charge in [0, 0.05) is 11.1 Å². The predicted octanol–water partition coefficient (Wildman–Crippen LogP) is 5.78. The Kier molecular flexibility index (Phi) is 4.06. The van der Waals surface area contributed by atoms with Gasteiger partial charge < -0.3 is 0 Å². The van der Waals surface area contributed by atoms with E-state index in [-0.39, 0.29) is 22.4 Å². The standard InChI is InChI=1S/C17H10F6N2/c18-16(19,20)12-8-6-11(7-9-12)14-13(10-4-2-1-3-5-10)15(25-24-14)17(21,22)23/h1-9H,(H,24,25). The number of nitrogens with one attached hydrogen (secondary N) is 1. The topological polar surface area (TPSA) is 28.7 Å². The summed E-state index contributed by atoms with van der Waals surface area (Å²) in [5, 5.41) is 5.65. The molecular formula is C17H10F6N2. The predicted molar refractivity (Wildman–Crippen MR) is 79.5 cm³/mol. The van der Waals surface area contributed by atoms with Crippen molar-refractivity contribution in [2.45, 2.75) is 12.4 Å². The highest BCUT2D eigenvalue weighted by Gasteiger charge is 2.38. The summed E-state index contributed by atoms with van der Waals surface area (Å²) in [6.45, 7) is 0. The van der Waals surface area contributed by atoms with Crippen LogP contribution in [0.4, 0.5) is 26.3 Å². The van der Waals surface area contributed by atoms with Gasteiger partial charge in [-0.2, -0.15) is 31.4 Å². The molecule has 1 aromatic heterocycles. The molecule has 0 amide bonds. The van der Waals surface area contributed by atoms with Crippen LogP contribution in [0.3, 0.4) is 0 Å². The summed E-state index contributed by atoms with van der Waals surface area (Å²) < 4.78 is 77.8. The number of nitrogens with zero attached hydrogens (tertiary/aromatic N) is 1. The molecule has 1 heterocycles. The highest BCUT2D eigenvalue weighted by atomic mass is 19.4. The molecule has 8 heteroatoms. The molecule has 0 unspecified atom stereocenters. The van der Waals surface area contributed by atoms with E-state index in [1.807, 2.05) is 5.10 Å². The van der Waals surface area contributed by atoms with Crippen LogP contribution < -0.4 is 0 Å². The Morgan fingerprint density at radius 1 is 0.680 bits per heavy atom. The van der Waals surface area contributed by atoms with Crippen LogP contribution in [0.2, 0.25) is 0 Å². The van der Waals surface area contributed by atoms with E-state index in [2.05, 4.69) is 5.10 Å². The third-order valence-electron chi connectivity index (χ3n) is 3.60. The molecule has 25 heavy (non-hydrogen) atoms. The quantitative estimate of drug-likeness (QED) is 0.579. The molecule has 1 N–H and O–H groups in total. The fraction of sp³-hybridized carbons (Fsp3) is 0.118. The Morgan fingerprint density at radius 2 is 1.28 bits per heavy atom. The monoisotopic (exact) mass is 356 g/mol. The van der Waals surface area contributed by atoms with Crippen molar-refractivity contribution in [2.24, 2.45) is 0 Å². The normalized spacial score (nSPS) is 12.4. The second-order valence-corrected chi connectivity index (χ2v) is 5.26. The van der Waals surface area contributed by atoms with Crippen LogP contribution in [0.5, 0.6) is 0 Å². The minimum Gasteiger partial charge on any atom is -0.272 e. The van der Waals surface area contributed by atoms with Crippen molar-refractivity contribution in [3.05, 3.63) is 65.9 Å². The van der Waals surface area contributed by atoms with Gasteiger partial charge in [0.15, 0.2) is 0 Å². The van der Waals surface area contributed by atoms with Crippen LogP contribution in [-0.2, 0) is 12.4 Å². The largest absolute Gasteiger partial charge is 0.433 e. The number of rotatable bonds is 2. The van der Waals surface area contributed by atoms with Crippen LogP contribution in [0.25, 0.3) is 22.4 Å². The summed E-state index contributed by atoms with van der Waals surface area (Å²) >= 11 is 0. The van der Waals surface area contributed by atoms with Crippen molar-refractivity contribution in [3.63, 3.8) is 0 Å². The smallest absolute Gasteiger partial charge is 0.272 e. The van der Waals surface area contributed by atoms with Crippen LogP contribution in [-0.4, -0.2) is 10.2 Å². The van der Waals surface area contributed by atoms with Crippen molar-refractivity contribution >= 4 is 0 Å². The fourth-order valence-corrected chi connectivity index (χ4v) is 2.46. The summed E-state index contributed by atoms with van der Waals surface area (Å²) in [4.78, 5) is 0. The van der Waals surface area contributed by atoms with Gasteiger partial charge in [-0.1, -0.05) is 42.5 Å². The van der Waals surface area contributed by atoms with Crippen molar-refractivity contribution in [1.29, 1.82) is 0 Å². The fourth-order valence-electron chi connectivity index (χ4n) is 2.46. The van der Waals surface area contributed by atoms with Gasteiger partial charge in [0.25, 0.3) is 0 Å². The number of aromatic amines is 1. The maximum absolute atomic E-state index is 13.3. The lowest BCUT2D eigenvalue weighted by Gasteiger charge is -2.10. The average molecular weight is 356 g/mol. The van der Waals surface area contributed by atoms with Crippen molar-refractivity contribution < 1.29 is 26.3 Å². The Bertz CT molecular complexity index is 861. The molecule has 3 rings (SSSR count). The molecular weight excluding hydrogens is 346 g/mol. The highest BCUT2D eigenvalue weighted by Crippen LogP contribution is 2.41. The molecule has 130 valence electrons. The zero-order chi connectivity index (χ0) is 18.2. The van der Waals surface area contributed by atoms with E-state index in [0.29, 0.717) is 0 Å². The number of benzene rings is 2. The molecule has 0 bridgehead atoms. The molecule has 0 spiro atoms. The molecule has 2 nitrogen and oxygen atoms in total. The van der Waals surface area contributed by atoms with Gasteiger partial charge in [0.1, 0.15) is 11.4 Å². The van der Waals surface area contributed by atoms with Gasteiger partial charge in [0.05, 0.1) is 5.56 Å². The Balaban J connectivity index is 2.16. The van der Waals surface area contributed by atoms with Crippen molar-refractivity contribution in [2.75, 3.05) is 0 Å². The van der Waals surface area contributed by atoms with Crippen LogP contribution in [0.1, 0.15) is 11.3 Å². The van der Waals surface area contributed by atoms with E-state index in [1.54, 1.807) is 18.2 Å². The van der Waals surface area contributed by atoms with Crippen LogP contribution >= 0.6 is 0 Å². The first-order valence-corrected chi connectivity index (χ1v) is 7.06. The van der Waals surface area contributed by atoms with Crippen LogP contribution in [0.15, 0.2) is 54.6 Å².